The molecule has 0 spiro atoms. The van der Waals surface area contributed by atoms with E-state index in [-0.39, 0.29) is 5.60 Å². The van der Waals surface area contributed by atoms with Gasteiger partial charge in [0.15, 0.2) is 5.65 Å². The minimum Gasteiger partial charge on any atom is -0.375 e. The van der Waals surface area contributed by atoms with E-state index in [4.69, 9.17) is 16.3 Å². The molecule has 0 saturated carbocycles. The van der Waals surface area contributed by atoms with Crippen LogP contribution >= 0.6 is 11.6 Å². The van der Waals surface area contributed by atoms with Crippen LogP contribution in [0.25, 0.3) is 5.65 Å². The molecule has 1 aliphatic rings. The number of rotatable bonds is 2. The average Bonchev–Trinajstić information content (AvgIpc) is 2.68. The van der Waals surface area contributed by atoms with Gasteiger partial charge >= 0.3 is 0 Å². The topological polar surface area (TPSA) is 51.5 Å². The Balaban J connectivity index is 1.77. The molecule has 1 fully saturated rings. The van der Waals surface area contributed by atoms with E-state index in [1.165, 1.54) is 0 Å². The molecule has 102 valence electrons. The Labute approximate surface area is 116 Å². The van der Waals surface area contributed by atoms with Crippen LogP contribution in [0.15, 0.2) is 18.3 Å². The molecule has 1 atom stereocenters. The molecule has 3 rings (SSSR count). The van der Waals surface area contributed by atoms with E-state index in [1.807, 2.05) is 12.1 Å². The van der Waals surface area contributed by atoms with Crippen molar-refractivity contribution in [3.63, 3.8) is 0 Å². The quantitative estimate of drug-likeness (QED) is 0.919. The van der Waals surface area contributed by atoms with Gasteiger partial charge in [0, 0.05) is 18.8 Å². The van der Waals surface area contributed by atoms with Gasteiger partial charge in [-0.3, -0.25) is 0 Å². The lowest BCUT2D eigenvalue weighted by atomic mass is 9.94. The lowest BCUT2D eigenvalue weighted by molar-refractivity contribution is -0.0553. The number of hydrogen-bond donors (Lipinski definition) is 1. The molecule has 0 aromatic carbocycles. The molecule has 0 aliphatic carbocycles. The summed E-state index contributed by atoms with van der Waals surface area (Å²) in [6.07, 6.45) is 3.67. The Hall–Kier alpha value is -1.33. The van der Waals surface area contributed by atoms with E-state index in [2.05, 4.69) is 29.2 Å². The van der Waals surface area contributed by atoms with Crippen LogP contribution in [-0.4, -0.2) is 32.8 Å². The van der Waals surface area contributed by atoms with Crippen molar-refractivity contribution in [1.82, 2.24) is 14.6 Å². The number of aromatic nitrogens is 3. The molecular formula is C13H17ClN4O. The molecule has 2 aromatic heterocycles. The zero-order valence-corrected chi connectivity index (χ0v) is 11.8. The first kappa shape index (κ1) is 12.7. The molecule has 2 aromatic rings. The second-order valence-corrected chi connectivity index (χ2v) is 5.96. The highest BCUT2D eigenvalue weighted by Crippen LogP contribution is 2.25. The van der Waals surface area contributed by atoms with Crippen molar-refractivity contribution in [2.24, 2.45) is 0 Å². The van der Waals surface area contributed by atoms with E-state index >= 15 is 0 Å². The number of nitrogens with zero attached hydrogens (tertiary/aromatic N) is 3. The molecule has 1 aliphatic heterocycles. The van der Waals surface area contributed by atoms with Gasteiger partial charge in [-0.1, -0.05) is 11.6 Å². The van der Waals surface area contributed by atoms with Crippen molar-refractivity contribution >= 4 is 23.2 Å². The fourth-order valence-corrected chi connectivity index (χ4v) is 2.61. The van der Waals surface area contributed by atoms with Crippen LogP contribution in [0.3, 0.4) is 0 Å². The van der Waals surface area contributed by atoms with Crippen molar-refractivity contribution < 1.29 is 4.74 Å². The van der Waals surface area contributed by atoms with Crippen molar-refractivity contribution in [2.45, 2.75) is 38.3 Å². The Bertz CT molecular complexity index is 595. The number of pyridine rings is 1. The van der Waals surface area contributed by atoms with Crippen LogP contribution in [-0.2, 0) is 4.74 Å². The summed E-state index contributed by atoms with van der Waals surface area (Å²) in [4.78, 5) is 4.44. The van der Waals surface area contributed by atoms with Crippen LogP contribution in [0, 0.1) is 0 Å². The standard InChI is InChI=1S/C13H17ClN4O/c1-13(2)7-10(5-6-19-13)15-12-16-11-4-3-9(14)8-18(11)17-12/h3-4,8,10H,5-7H2,1-2H3,(H,15,17). The summed E-state index contributed by atoms with van der Waals surface area (Å²) >= 11 is 5.93. The number of halogens is 1. The van der Waals surface area contributed by atoms with Gasteiger partial charge in [0.2, 0.25) is 5.95 Å². The van der Waals surface area contributed by atoms with Gasteiger partial charge in [0.05, 0.1) is 10.6 Å². The molecule has 3 heterocycles. The number of ether oxygens (including phenoxy) is 1. The van der Waals surface area contributed by atoms with Crippen molar-refractivity contribution in [2.75, 3.05) is 11.9 Å². The number of hydrogen-bond acceptors (Lipinski definition) is 4. The van der Waals surface area contributed by atoms with E-state index in [0.717, 1.165) is 25.1 Å². The summed E-state index contributed by atoms with van der Waals surface area (Å²) < 4.78 is 7.39. The van der Waals surface area contributed by atoms with E-state index in [0.29, 0.717) is 17.0 Å². The molecule has 0 radical (unpaired) electrons. The smallest absolute Gasteiger partial charge is 0.243 e. The van der Waals surface area contributed by atoms with Crippen LogP contribution in [0.4, 0.5) is 5.95 Å². The van der Waals surface area contributed by atoms with Gasteiger partial charge in [-0.2, -0.15) is 4.98 Å². The van der Waals surface area contributed by atoms with Crippen LogP contribution in [0.2, 0.25) is 5.02 Å². The minimum absolute atomic E-state index is 0.0849. The van der Waals surface area contributed by atoms with E-state index in [1.54, 1.807) is 10.7 Å². The molecule has 1 unspecified atom stereocenters. The Morgan fingerprint density at radius 1 is 1.47 bits per heavy atom. The average molecular weight is 281 g/mol. The highest BCUT2D eigenvalue weighted by Gasteiger charge is 2.29. The molecule has 5 nitrogen and oxygen atoms in total. The van der Waals surface area contributed by atoms with Crippen molar-refractivity contribution in [1.29, 1.82) is 0 Å². The molecule has 19 heavy (non-hydrogen) atoms. The minimum atomic E-state index is -0.0849. The fourth-order valence-electron chi connectivity index (χ4n) is 2.46. The maximum atomic E-state index is 5.93. The summed E-state index contributed by atoms with van der Waals surface area (Å²) in [7, 11) is 0. The number of fused-ring (bicyclic) bond motifs is 1. The van der Waals surface area contributed by atoms with Gasteiger partial charge in [0.1, 0.15) is 0 Å². The summed E-state index contributed by atoms with van der Waals surface area (Å²) in [5.74, 6) is 0.643. The Morgan fingerprint density at radius 3 is 3.11 bits per heavy atom. The molecule has 0 bridgehead atoms. The molecule has 0 amide bonds. The Morgan fingerprint density at radius 2 is 2.32 bits per heavy atom. The van der Waals surface area contributed by atoms with Gasteiger partial charge in [-0.15, -0.1) is 5.10 Å². The molecule has 1 saturated heterocycles. The van der Waals surface area contributed by atoms with Crippen molar-refractivity contribution in [3.8, 4) is 0 Å². The largest absolute Gasteiger partial charge is 0.375 e. The normalized spacial score (nSPS) is 22.6. The predicted molar refractivity (Wildman–Crippen MR) is 74.7 cm³/mol. The van der Waals surface area contributed by atoms with Crippen LogP contribution in [0.5, 0.6) is 0 Å². The maximum Gasteiger partial charge on any atom is 0.243 e. The van der Waals surface area contributed by atoms with Gasteiger partial charge in [-0.05, 0) is 38.8 Å². The van der Waals surface area contributed by atoms with Crippen LogP contribution < -0.4 is 5.32 Å². The third-order valence-corrected chi connectivity index (χ3v) is 3.55. The lowest BCUT2D eigenvalue weighted by Crippen LogP contribution is -2.40. The van der Waals surface area contributed by atoms with Crippen LogP contribution in [0.1, 0.15) is 26.7 Å². The number of anilines is 1. The summed E-state index contributed by atoms with van der Waals surface area (Å²) in [6.45, 7) is 4.99. The Kier molecular flexibility index (Phi) is 3.11. The monoisotopic (exact) mass is 280 g/mol. The fraction of sp³-hybridized carbons (Fsp3) is 0.538. The first-order chi connectivity index (χ1) is 9.02. The molecular weight excluding hydrogens is 264 g/mol. The van der Waals surface area contributed by atoms with Crippen molar-refractivity contribution in [3.05, 3.63) is 23.4 Å². The second-order valence-electron chi connectivity index (χ2n) is 5.53. The zero-order chi connectivity index (χ0) is 13.5. The van der Waals surface area contributed by atoms with Gasteiger partial charge in [-0.25, -0.2) is 4.52 Å². The summed E-state index contributed by atoms with van der Waals surface area (Å²) in [6, 6.07) is 4.01. The van der Waals surface area contributed by atoms with Gasteiger partial charge in [0.25, 0.3) is 0 Å². The SMILES string of the molecule is CC1(C)CC(Nc2nc3ccc(Cl)cn3n2)CCO1. The van der Waals surface area contributed by atoms with Gasteiger partial charge < -0.3 is 10.1 Å². The lowest BCUT2D eigenvalue weighted by Gasteiger charge is -2.35. The predicted octanol–water partition coefficient (Wildman–Crippen LogP) is 2.75. The second kappa shape index (κ2) is 4.65. The van der Waals surface area contributed by atoms with E-state index < -0.39 is 0 Å². The maximum absolute atomic E-state index is 5.93. The third-order valence-electron chi connectivity index (χ3n) is 3.33. The van der Waals surface area contributed by atoms with E-state index in [9.17, 15) is 0 Å². The summed E-state index contributed by atoms with van der Waals surface area (Å²) in [5.41, 5.74) is 0.705. The summed E-state index contributed by atoms with van der Waals surface area (Å²) in [5, 5.41) is 8.41. The third kappa shape index (κ3) is 2.82. The number of nitrogens with one attached hydrogen (secondary N) is 1. The first-order valence-corrected chi connectivity index (χ1v) is 6.82. The highest BCUT2D eigenvalue weighted by molar-refractivity contribution is 6.30. The highest BCUT2D eigenvalue weighted by atomic mass is 35.5. The first-order valence-electron chi connectivity index (χ1n) is 6.44. The zero-order valence-electron chi connectivity index (χ0n) is 11.1. The molecule has 6 heteroatoms. The molecule has 1 N–H and O–H groups in total.